The number of aliphatic hydroxyl groups is 1. The summed E-state index contributed by atoms with van der Waals surface area (Å²) >= 11 is 0. The first-order valence-electron chi connectivity index (χ1n) is 7.25. The molecule has 1 aromatic carbocycles. The highest BCUT2D eigenvalue weighted by Crippen LogP contribution is 2.42. The van der Waals surface area contributed by atoms with Crippen molar-refractivity contribution in [3.8, 4) is 17.2 Å². The van der Waals surface area contributed by atoms with E-state index in [4.69, 9.17) is 18.9 Å². The van der Waals surface area contributed by atoms with Crippen molar-refractivity contribution in [2.24, 2.45) is 0 Å². The third-order valence-electron chi connectivity index (χ3n) is 3.88. The monoisotopic (exact) mass is 295 g/mol. The number of nitrogens with one attached hydrogen (secondary N) is 1. The Hall–Kier alpha value is -1.50. The van der Waals surface area contributed by atoms with Gasteiger partial charge in [-0.1, -0.05) is 0 Å². The molecule has 3 rings (SSSR count). The molecule has 0 aliphatic carbocycles. The molecule has 0 amide bonds. The smallest absolute Gasteiger partial charge is 0.231 e. The van der Waals surface area contributed by atoms with Crippen molar-refractivity contribution >= 4 is 0 Å². The topological polar surface area (TPSA) is 69.2 Å². The summed E-state index contributed by atoms with van der Waals surface area (Å²) in [5.41, 5.74) is 0.914. The lowest BCUT2D eigenvalue weighted by molar-refractivity contribution is 0.104. The molecule has 1 aromatic rings. The van der Waals surface area contributed by atoms with Gasteiger partial charge in [-0.05, 0) is 30.5 Å². The lowest BCUT2D eigenvalue weighted by atomic mass is 10.1. The van der Waals surface area contributed by atoms with Crippen LogP contribution in [0.2, 0.25) is 0 Å². The normalized spacial score (nSPS) is 21.5. The summed E-state index contributed by atoms with van der Waals surface area (Å²) in [6.07, 6.45) is 2.40. The Kier molecular flexibility index (Phi) is 4.48. The molecule has 2 N–H and O–H groups in total. The highest BCUT2D eigenvalue weighted by molar-refractivity contribution is 5.55. The van der Waals surface area contributed by atoms with Crippen LogP contribution in [0.5, 0.6) is 17.2 Å². The molecule has 6 nitrogen and oxygen atoms in total. The maximum Gasteiger partial charge on any atom is 0.231 e. The van der Waals surface area contributed by atoms with Crippen LogP contribution in [-0.4, -0.2) is 44.9 Å². The lowest BCUT2D eigenvalue weighted by Crippen LogP contribution is -2.31. The van der Waals surface area contributed by atoms with Gasteiger partial charge in [-0.15, -0.1) is 0 Å². The maximum atomic E-state index is 9.65. The van der Waals surface area contributed by atoms with Crippen LogP contribution in [0.3, 0.4) is 0 Å². The van der Waals surface area contributed by atoms with Crippen LogP contribution >= 0.6 is 0 Å². The zero-order valence-corrected chi connectivity index (χ0v) is 12.1. The molecular weight excluding hydrogens is 274 g/mol. The Bertz CT molecular complexity index is 487. The van der Waals surface area contributed by atoms with Crippen molar-refractivity contribution in [1.82, 2.24) is 5.32 Å². The largest absolute Gasteiger partial charge is 0.493 e. The summed E-state index contributed by atoms with van der Waals surface area (Å²) in [6.45, 7) is 1.74. The molecular formula is C15H21NO5. The Balaban J connectivity index is 1.73. The Labute approximate surface area is 124 Å². The number of methoxy groups -OCH3 is 1. The number of fused-ring (bicyclic) bond motifs is 1. The van der Waals surface area contributed by atoms with Gasteiger partial charge in [0, 0.05) is 13.2 Å². The second kappa shape index (κ2) is 6.51. The number of hydrogen-bond donors (Lipinski definition) is 2. The second-order valence-electron chi connectivity index (χ2n) is 5.24. The van der Waals surface area contributed by atoms with E-state index in [1.165, 1.54) is 0 Å². The van der Waals surface area contributed by atoms with Crippen LogP contribution in [0.15, 0.2) is 12.1 Å². The molecule has 0 bridgehead atoms. The van der Waals surface area contributed by atoms with E-state index in [1.807, 2.05) is 12.1 Å². The maximum absolute atomic E-state index is 9.65. The molecule has 0 spiro atoms. The molecule has 0 saturated carbocycles. The van der Waals surface area contributed by atoms with Gasteiger partial charge in [-0.2, -0.15) is 0 Å². The Morgan fingerprint density at radius 3 is 3.05 bits per heavy atom. The average Bonchev–Trinajstić information content (AvgIpc) is 3.17. The summed E-state index contributed by atoms with van der Waals surface area (Å²) in [5, 5.41) is 13.0. The lowest BCUT2D eigenvalue weighted by Gasteiger charge is -2.20. The van der Waals surface area contributed by atoms with Gasteiger partial charge in [0.1, 0.15) is 0 Å². The molecule has 6 heteroatoms. The van der Waals surface area contributed by atoms with Gasteiger partial charge in [0.2, 0.25) is 12.5 Å². The van der Waals surface area contributed by atoms with Gasteiger partial charge in [0.05, 0.1) is 25.9 Å². The average molecular weight is 295 g/mol. The standard InChI is InChI=1S/C15H21NO5/c1-18-13-5-10(6-14-15(13)21-9-20-14)12(8-17)16-7-11-3-2-4-19-11/h5-6,11-12,16-17H,2-4,7-9H2,1H3. The quantitative estimate of drug-likeness (QED) is 0.822. The van der Waals surface area contributed by atoms with E-state index in [-0.39, 0.29) is 25.5 Å². The first-order valence-corrected chi connectivity index (χ1v) is 7.25. The van der Waals surface area contributed by atoms with Crippen LogP contribution < -0.4 is 19.5 Å². The van der Waals surface area contributed by atoms with Crippen molar-refractivity contribution in [2.75, 3.05) is 33.7 Å². The van der Waals surface area contributed by atoms with Crippen molar-refractivity contribution in [3.05, 3.63) is 17.7 Å². The number of aliphatic hydroxyl groups excluding tert-OH is 1. The molecule has 2 heterocycles. The first kappa shape index (κ1) is 14.4. The molecule has 2 aliphatic heterocycles. The Morgan fingerprint density at radius 1 is 1.43 bits per heavy atom. The molecule has 0 radical (unpaired) electrons. The second-order valence-corrected chi connectivity index (χ2v) is 5.24. The van der Waals surface area contributed by atoms with E-state index in [1.54, 1.807) is 7.11 Å². The SMILES string of the molecule is COc1cc(C(CO)NCC2CCCO2)cc2c1OCO2. The van der Waals surface area contributed by atoms with Gasteiger partial charge >= 0.3 is 0 Å². The molecule has 2 atom stereocenters. The van der Waals surface area contributed by atoms with Gasteiger partial charge in [0.25, 0.3) is 0 Å². The minimum Gasteiger partial charge on any atom is -0.493 e. The number of hydrogen-bond acceptors (Lipinski definition) is 6. The molecule has 1 saturated heterocycles. The third-order valence-corrected chi connectivity index (χ3v) is 3.88. The van der Waals surface area contributed by atoms with Crippen LogP contribution in [-0.2, 0) is 4.74 Å². The predicted octanol–water partition coefficient (Wildman–Crippen LogP) is 1.23. The van der Waals surface area contributed by atoms with Crippen LogP contribution in [0.4, 0.5) is 0 Å². The number of ether oxygens (including phenoxy) is 4. The predicted molar refractivity (Wildman–Crippen MR) is 75.9 cm³/mol. The fraction of sp³-hybridized carbons (Fsp3) is 0.600. The summed E-state index contributed by atoms with van der Waals surface area (Å²) < 4.78 is 21.7. The summed E-state index contributed by atoms with van der Waals surface area (Å²) in [6, 6.07) is 3.57. The fourth-order valence-electron chi connectivity index (χ4n) is 2.72. The van der Waals surface area contributed by atoms with Crippen molar-refractivity contribution in [3.63, 3.8) is 0 Å². The zero-order chi connectivity index (χ0) is 14.7. The van der Waals surface area contributed by atoms with E-state index in [9.17, 15) is 5.11 Å². The van der Waals surface area contributed by atoms with E-state index in [0.717, 1.165) is 31.6 Å². The van der Waals surface area contributed by atoms with E-state index in [0.29, 0.717) is 17.2 Å². The van der Waals surface area contributed by atoms with Crippen molar-refractivity contribution in [1.29, 1.82) is 0 Å². The van der Waals surface area contributed by atoms with Gasteiger partial charge < -0.3 is 29.4 Å². The van der Waals surface area contributed by atoms with Crippen molar-refractivity contribution < 1.29 is 24.1 Å². The Morgan fingerprint density at radius 2 is 2.33 bits per heavy atom. The molecule has 21 heavy (non-hydrogen) atoms. The highest BCUT2D eigenvalue weighted by atomic mass is 16.7. The van der Waals surface area contributed by atoms with Crippen LogP contribution in [0, 0.1) is 0 Å². The van der Waals surface area contributed by atoms with Gasteiger partial charge in [-0.3, -0.25) is 0 Å². The molecule has 116 valence electrons. The fourth-order valence-corrected chi connectivity index (χ4v) is 2.72. The van der Waals surface area contributed by atoms with Crippen molar-refractivity contribution in [2.45, 2.75) is 25.0 Å². The summed E-state index contributed by atoms with van der Waals surface area (Å²) in [5.74, 6) is 1.90. The zero-order valence-electron chi connectivity index (χ0n) is 12.1. The van der Waals surface area contributed by atoms with Crippen LogP contribution in [0.1, 0.15) is 24.4 Å². The van der Waals surface area contributed by atoms with Gasteiger partial charge in [-0.25, -0.2) is 0 Å². The molecule has 2 aliphatic rings. The van der Waals surface area contributed by atoms with Crippen LogP contribution in [0.25, 0.3) is 0 Å². The molecule has 2 unspecified atom stereocenters. The summed E-state index contributed by atoms with van der Waals surface area (Å²) in [4.78, 5) is 0. The third kappa shape index (κ3) is 3.07. The highest BCUT2D eigenvalue weighted by Gasteiger charge is 2.24. The summed E-state index contributed by atoms with van der Waals surface area (Å²) in [7, 11) is 1.59. The molecule has 0 aromatic heterocycles. The van der Waals surface area contributed by atoms with E-state index in [2.05, 4.69) is 5.32 Å². The molecule has 1 fully saturated rings. The number of benzene rings is 1. The minimum absolute atomic E-state index is 0.00445. The van der Waals surface area contributed by atoms with E-state index >= 15 is 0 Å². The first-order chi connectivity index (χ1) is 10.3. The number of rotatable bonds is 6. The minimum atomic E-state index is -0.183. The van der Waals surface area contributed by atoms with E-state index < -0.39 is 0 Å². The van der Waals surface area contributed by atoms with Gasteiger partial charge in [0.15, 0.2) is 11.5 Å².